The Bertz CT molecular complexity index is 602. The molecular weight excluding hydrogens is 230 g/mol. The second-order valence-corrected chi connectivity index (χ2v) is 3.99. The maximum Gasteiger partial charge on any atom is 0.242 e. The Morgan fingerprint density at radius 2 is 1.94 bits per heavy atom. The molecule has 0 aromatic heterocycles. The summed E-state index contributed by atoms with van der Waals surface area (Å²) in [6.07, 6.45) is 3.05. The van der Waals surface area contributed by atoms with E-state index in [1.165, 1.54) is 12.7 Å². The molecule has 0 radical (unpaired) electrons. The molecule has 0 amide bonds. The zero-order chi connectivity index (χ0) is 12.4. The highest BCUT2D eigenvalue weighted by Gasteiger charge is 2.43. The van der Waals surface area contributed by atoms with Gasteiger partial charge in [-0.1, -0.05) is 30.3 Å². The molecule has 88 valence electrons. The minimum Gasteiger partial charge on any atom is -0.233 e. The van der Waals surface area contributed by atoms with E-state index in [2.05, 4.69) is 25.1 Å². The first-order valence-corrected chi connectivity index (χ1v) is 5.45. The third-order valence-corrected chi connectivity index (χ3v) is 2.85. The second-order valence-electron chi connectivity index (χ2n) is 3.99. The number of aliphatic imine (C=N–C) groups is 4. The highest BCUT2D eigenvalue weighted by molar-refractivity contribution is 6.50. The lowest BCUT2D eigenvalue weighted by molar-refractivity contribution is 0.595. The third-order valence-electron chi connectivity index (χ3n) is 2.85. The van der Waals surface area contributed by atoms with Gasteiger partial charge >= 0.3 is 0 Å². The number of amidine groups is 1. The largest absolute Gasteiger partial charge is 0.242 e. The molecule has 2 aliphatic rings. The van der Waals surface area contributed by atoms with Crippen LogP contribution in [-0.4, -0.2) is 29.9 Å². The van der Waals surface area contributed by atoms with Gasteiger partial charge in [0.2, 0.25) is 5.66 Å². The van der Waals surface area contributed by atoms with Crippen LogP contribution in [0, 0.1) is 4.91 Å². The first-order valence-electron chi connectivity index (χ1n) is 5.45. The molecule has 6 nitrogen and oxygen atoms in total. The highest BCUT2D eigenvalue weighted by atomic mass is 16.3. The van der Waals surface area contributed by atoms with Crippen LogP contribution in [0.15, 0.2) is 55.5 Å². The molecule has 0 fully saturated rings. The Kier molecular flexibility index (Phi) is 2.40. The maximum absolute atomic E-state index is 11.3. The summed E-state index contributed by atoms with van der Waals surface area (Å²) in [6, 6.07) is 9.57. The summed E-state index contributed by atoms with van der Waals surface area (Å²) in [7, 11) is 0. The lowest BCUT2D eigenvalue weighted by Gasteiger charge is -2.23. The molecule has 1 aromatic carbocycles. The summed E-state index contributed by atoms with van der Waals surface area (Å²) in [5, 5.41) is 3.18. The second kappa shape index (κ2) is 4.06. The lowest BCUT2D eigenvalue weighted by atomic mass is 9.94. The van der Waals surface area contributed by atoms with Crippen LogP contribution < -0.4 is 0 Å². The normalized spacial score (nSPS) is 24.4. The summed E-state index contributed by atoms with van der Waals surface area (Å²) in [5.74, 6) is 0.417. The van der Waals surface area contributed by atoms with E-state index < -0.39 is 5.66 Å². The van der Waals surface area contributed by atoms with Gasteiger partial charge in [-0.05, 0) is 10.7 Å². The van der Waals surface area contributed by atoms with E-state index >= 15 is 0 Å². The highest BCUT2D eigenvalue weighted by Crippen LogP contribution is 2.26. The number of benzene rings is 1. The topological polar surface area (TPSA) is 78.9 Å². The van der Waals surface area contributed by atoms with Gasteiger partial charge in [0.1, 0.15) is 18.4 Å². The molecule has 1 aromatic rings. The molecule has 0 bridgehead atoms. The quantitative estimate of drug-likeness (QED) is 0.738. The Balaban J connectivity index is 1.99. The van der Waals surface area contributed by atoms with E-state index in [-0.39, 0.29) is 0 Å². The van der Waals surface area contributed by atoms with Gasteiger partial charge in [-0.2, -0.15) is 0 Å². The van der Waals surface area contributed by atoms with E-state index in [0.29, 0.717) is 18.0 Å². The molecule has 1 unspecified atom stereocenters. The van der Waals surface area contributed by atoms with Crippen molar-refractivity contribution in [1.82, 2.24) is 0 Å². The van der Waals surface area contributed by atoms with E-state index in [1.807, 2.05) is 30.3 Å². The van der Waals surface area contributed by atoms with E-state index in [0.717, 1.165) is 5.56 Å². The summed E-state index contributed by atoms with van der Waals surface area (Å²) >= 11 is 0. The molecule has 1 atom stereocenters. The van der Waals surface area contributed by atoms with Crippen molar-refractivity contribution in [2.24, 2.45) is 25.1 Å². The molecule has 0 saturated heterocycles. The van der Waals surface area contributed by atoms with Crippen molar-refractivity contribution in [3.8, 4) is 0 Å². The Morgan fingerprint density at radius 3 is 2.72 bits per heavy atom. The summed E-state index contributed by atoms with van der Waals surface area (Å²) in [6.45, 7) is 0. The minimum absolute atomic E-state index is 0.356. The fourth-order valence-electron chi connectivity index (χ4n) is 1.99. The van der Waals surface area contributed by atoms with Gasteiger partial charge in [-0.3, -0.25) is 0 Å². The number of nitroso groups, excluding NO2 is 1. The Hall–Kier alpha value is -2.50. The van der Waals surface area contributed by atoms with Gasteiger partial charge in [0.15, 0.2) is 5.84 Å². The van der Waals surface area contributed by atoms with Gasteiger partial charge in [-0.25, -0.2) is 20.0 Å². The zero-order valence-electron chi connectivity index (χ0n) is 9.39. The van der Waals surface area contributed by atoms with Crippen LogP contribution in [-0.2, 0) is 6.42 Å². The van der Waals surface area contributed by atoms with Crippen LogP contribution in [0.1, 0.15) is 5.56 Å². The number of hydrogen-bond donors (Lipinski definition) is 0. The van der Waals surface area contributed by atoms with Gasteiger partial charge in [0.05, 0.1) is 0 Å². The van der Waals surface area contributed by atoms with Crippen LogP contribution >= 0.6 is 0 Å². The molecule has 0 saturated carbocycles. The molecule has 3 rings (SSSR count). The fraction of sp³-hybridized carbons (Fsp3) is 0.167. The van der Waals surface area contributed by atoms with Gasteiger partial charge < -0.3 is 0 Å². The molecule has 2 heterocycles. The molecule has 0 N–H and O–H groups in total. The molecule has 0 aliphatic carbocycles. The van der Waals surface area contributed by atoms with Gasteiger partial charge in [0.25, 0.3) is 0 Å². The third kappa shape index (κ3) is 1.58. The first-order chi connectivity index (χ1) is 8.84. The molecule has 0 spiro atoms. The van der Waals surface area contributed by atoms with E-state index in [4.69, 9.17) is 0 Å². The molecule has 18 heavy (non-hydrogen) atoms. The predicted molar refractivity (Wildman–Crippen MR) is 70.5 cm³/mol. The predicted octanol–water partition coefficient (Wildman–Crippen LogP) is 1.62. The zero-order valence-corrected chi connectivity index (χ0v) is 9.39. The standard InChI is InChI=1S/C12H9N5O/c18-17-12(6-9-4-2-1-3-5-9)10-11(14-7-13-10)15-8-16-12/h1-5,7-8H,6H2. The summed E-state index contributed by atoms with van der Waals surface area (Å²) in [4.78, 5) is 27.4. The average Bonchev–Trinajstić information content (AvgIpc) is 2.90. The minimum atomic E-state index is -1.24. The van der Waals surface area contributed by atoms with Crippen molar-refractivity contribution < 1.29 is 0 Å². The van der Waals surface area contributed by atoms with Crippen LogP contribution in [0.5, 0.6) is 0 Å². The van der Waals surface area contributed by atoms with Crippen molar-refractivity contribution in [2.75, 3.05) is 0 Å². The smallest absolute Gasteiger partial charge is 0.233 e. The van der Waals surface area contributed by atoms with E-state index in [9.17, 15) is 4.91 Å². The Morgan fingerprint density at radius 1 is 1.11 bits per heavy atom. The van der Waals surface area contributed by atoms with Crippen LogP contribution in [0.4, 0.5) is 0 Å². The molecular formula is C12H9N5O. The summed E-state index contributed by atoms with van der Waals surface area (Å²) in [5.41, 5.74) is 0.142. The van der Waals surface area contributed by atoms with Gasteiger partial charge in [0, 0.05) is 6.42 Å². The molecule has 6 heteroatoms. The van der Waals surface area contributed by atoms with Crippen LogP contribution in [0.2, 0.25) is 0 Å². The first kappa shape index (κ1) is 10.6. The monoisotopic (exact) mass is 239 g/mol. The number of rotatable bonds is 3. The van der Waals surface area contributed by atoms with Crippen molar-refractivity contribution in [3.05, 3.63) is 40.8 Å². The fourth-order valence-corrected chi connectivity index (χ4v) is 1.99. The van der Waals surface area contributed by atoms with Crippen molar-refractivity contribution in [3.63, 3.8) is 0 Å². The van der Waals surface area contributed by atoms with Crippen LogP contribution in [0.3, 0.4) is 0 Å². The SMILES string of the molecule is O=NC1(Cc2ccccc2)N=CN=C2N=CN=C21. The maximum atomic E-state index is 11.3. The lowest BCUT2D eigenvalue weighted by Crippen LogP contribution is -2.42. The number of fused-ring (bicyclic) bond motifs is 1. The van der Waals surface area contributed by atoms with Gasteiger partial charge in [-0.15, -0.1) is 4.91 Å². The molecule has 2 aliphatic heterocycles. The number of hydrogen-bond acceptors (Lipinski definition) is 6. The van der Waals surface area contributed by atoms with Crippen molar-refractivity contribution >= 4 is 24.2 Å². The average molecular weight is 239 g/mol. The van der Waals surface area contributed by atoms with Crippen molar-refractivity contribution in [1.29, 1.82) is 0 Å². The summed E-state index contributed by atoms with van der Waals surface area (Å²) < 4.78 is 0. The van der Waals surface area contributed by atoms with E-state index in [1.54, 1.807) is 0 Å². The number of nitrogens with zero attached hydrogens (tertiary/aromatic N) is 5. The van der Waals surface area contributed by atoms with Crippen molar-refractivity contribution in [2.45, 2.75) is 12.1 Å². The Labute approximate surface area is 103 Å². The van der Waals surface area contributed by atoms with Crippen LogP contribution in [0.25, 0.3) is 0 Å².